The fourth-order valence-corrected chi connectivity index (χ4v) is 5.03. The molecular formula is C23H35N3O3S. The second kappa shape index (κ2) is 11.1. The van der Waals surface area contributed by atoms with Crippen molar-refractivity contribution in [2.75, 3.05) is 32.6 Å². The van der Waals surface area contributed by atoms with Crippen LogP contribution in [0.4, 0.5) is 0 Å². The fraction of sp³-hybridized carbons (Fsp3) is 0.609. The maximum Gasteiger partial charge on any atom is 0.227 e. The Morgan fingerprint density at radius 1 is 1.20 bits per heavy atom. The lowest BCUT2D eigenvalue weighted by Crippen LogP contribution is -2.25. The minimum absolute atomic E-state index is 0.0712. The summed E-state index contributed by atoms with van der Waals surface area (Å²) in [6.07, 6.45) is 6.99. The highest BCUT2D eigenvalue weighted by atomic mass is 32.2. The number of aromatic nitrogens is 2. The fourth-order valence-electron chi connectivity index (χ4n) is 4.01. The van der Waals surface area contributed by atoms with E-state index in [2.05, 4.69) is 29.1 Å². The van der Waals surface area contributed by atoms with Crippen molar-refractivity contribution >= 4 is 9.84 Å². The zero-order valence-electron chi connectivity index (χ0n) is 18.3. The number of aryl methyl sites for hydroxylation is 1. The summed E-state index contributed by atoms with van der Waals surface area (Å²) < 4.78 is 32.5. The van der Waals surface area contributed by atoms with Gasteiger partial charge in [0.1, 0.15) is 0 Å². The molecule has 0 amide bonds. The van der Waals surface area contributed by atoms with E-state index in [1.54, 1.807) is 13.1 Å². The monoisotopic (exact) mass is 433 g/mol. The van der Waals surface area contributed by atoms with Crippen molar-refractivity contribution < 1.29 is 13.2 Å². The predicted molar refractivity (Wildman–Crippen MR) is 119 cm³/mol. The molecular weight excluding hydrogens is 398 g/mol. The Kier molecular flexibility index (Phi) is 8.48. The Balaban J connectivity index is 1.64. The molecule has 30 heavy (non-hydrogen) atoms. The largest absolute Gasteiger partial charge is 0.381 e. The lowest BCUT2D eigenvalue weighted by Gasteiger charge is -2.25. The van der Waals surface area contributed by atoms with E-state index in [4.69, 9.17) is 4.74 Å². The summed E-state index contributed by atoms with van der Waals surface area (Å²) in [7, 11) is -1.24. The first-order valence-electron chi connectivity index (χ1n) is 11.1. The third-order valence-corrected chi connectivity index (χ3v) is 7.58. The van der Waals surface area contributed by atoms with Gasteiger partial charge in [0.2, 0.25) is 15.0 Å². The van der Waals surface area contributed by atoms with Crippen LogP contribution in [0.25, 0.3) is 0 Å². The first kappa shape index (κ1) is 23.0. The van der Waals surface area contributed by atoms with Crippen LogP contribution in [-0.2, 0) is 34.1 Å². The van der Waals surface area contributed by atoms with Crippen molar-refractivity contribution in [2.24, 2.45) is 5.92 Å². The highest BCUT2D eigenvalue weighted by Gasteiger charge is 2.22. The third kappa shape index (κ3) is 6.40. The number of imidazole rings is 1. The van der Waals surface area contributed by atoms with Crippen molar-refractivity contribution in [1.29, 1.82) is 0 Å². The van der Waals surface area contributed by atoms with Gasteiger partial charge in [0.05, 0.1) is 17.6 Å². The van der Waals surface area contributed by atoms with Crippen LogP contribution in [0, 0.1) is 5.92 Å². The van der Waals surface area contributed by atoms with E-state index in [-0.39, 0.29) is 10.9 Å². The van der Waals surface area contributed by atoms with E-state index in [1.807, 2.05) is 22.8 Å². The molecule has 7 heteroatoms. The molecule has 6 nitrogen and oxygen atoms in total. The van der Waals surface area contributed by atoms with Gasteiger partial charge in [-0.2, -0.15) is 0 Å². The molecule has 2 heterocycles. The van der Waals surface area contributed by atoms with Crippen molar-refractivity contribution in [3.8, 4) is 0 Å². The van der Waals surface area contributed by atoms with E-state index in [0.29, 0.717) is 13.1 Å². The van der Waals surface area contributed by atoms with E-state index in [0.717, 1.165) is 63.5 Å². The smallest absolute Gasteiger partial charge is 0.227 e. The van der Waals surface area contributed by atoms with Crippen LogP contribution < -0.4 is 0 Å². The molecule has 1 aliphatic heterocycles. The molecule has 0 bridgehead atoms. The molecule has 0 radical (unpaired) electrons. The first-order valence-corrected chi connectivity index (χ1v) is 12.7. The molecule has 0 N–H and O–H groups in total. The third-order valence-electron chi connectivity index (χ3n) is 5.94. The van der Waals surface area contributed by atoms with Crippen LogP contribution in [0.3, 0.4) is 0 Å². The summed E-state index contributed by atoms with van der Waals surface area (Å²) in [5.41, 5.74) is 2.25. The lowest BCUT2D eigenvalue weighted by molar-refractivity contribution is 0.0607. The summed E-state index contributed by atoms with van der Waals surface area (Å²) >= 11 is 0. The van der Waals surface area contributed by atoms with Gasteiger partial charge in [0, 0.05) is 26.3 Å². The normalized spacial score (nSPS) is 15.7. The SMILES string of the molecule is CCS(=O)(=O)c1ncc(CN(C)CCC2CCOCC2)n1CCCc1ccccc1. The molecule has 2 aromatic rings. The molecule has 1 aromatic carbocycles. The number of ether oxygens (including phenoxy) is 1. The van der Waals surface area contributed by atoms with Crippen molar-refractivity contribution in [3.63, 3.8) is 0 Å². The summed E-state index contributed by atoms with van der Waals surface area (Å²) in [4.78, 5) is 6.60. The van der Waals surface area contributed by atoms with Gasteiger partial charge in [-0.3, -0.25) is 0 Å². The van der Waals surface area contributed by atoms with Gasteiger partial charge in [0.15, 0.2) is 0 Å². The molecule has 0 aliphatic carbocycles. The molecule has 1 fully saturated rings. The average Bonchev–Trinajstić information content (AvgIpc) is 3.17. The van der Waals surface area contributed by atoms with Gasteiger partial charge in [-0.1, -0.05) is 37.3 Å². The summed E-state index contributed by atoms with van der Waals surface area (Å²) in [5, 5.41) is 0.214. The molecule has 1 saturated heterocycles. The van der Waals surface area contributed by atoms with Crippen LogP contribution >= 0.6 is 0 Å². The van der Waals surface area contributed by atoms with Gasteiger partial charge in [-0.15, -0.1) is 0 Å². The lowest BCUT2D eigenvalue weighted by atomic mass is 9.96. The van der Waals surface area contributed by atoms with E-state index >= 15 is 0 Å². The van der Waals surface area contributed by atoms with Gasteiger partial charge >= 0.3 is 0 Å². The summed E-state index contributed by atoms with van der Waals surface area (Å²) in [6, 6.07) is 10.3. The van der Waals surface area contributed by atoms with E-state index < -0.39 is 9.84 Å². The Morgan fingerprint density at radius 2 is 1.93 bits per heavy atom. The second-order valence-corrected chi connectivity index (χ2v) is 10.4. The predicted octanol–water partition coefficient (Wildman–Crippen LogP) is 3.56. The quantitative estimate of drug-likeness (QED) is 0.542. The number of hydrogen-bond acceptors (Lipinski definition) is 5. The van der Waals surface area contributed by atoms with Crippen molar-refractivity contribution in [1.82, 2.24) is 14.5 Å². The van der Waals surface area contributed by atoms with Gasteiger partial charge in [0.25, 0.3) is 0 Å². The maximum absolute atomic E-state index is 12.6. The van der Waals surface area contributed by atoms with Crippen LogP contribution in [-0.4, -0.2) is 55.4 Å². The highest BCUT2D eigenvalue weighted by molar-refractivity contribution is 7.91. The van der Waals surface area contributed by atoms with Crippen LogP contribution in [0.5, 0.6) is 0 Å². The number of sulfone groups is 1. The standard InChI is InChI=1S/C23H35N3O3S/c1-3-30(27,28)23-24-18-22(19-25(2)15-11-21-12-16-29-17-13-21)26(23)14-7-10-20-8-5-4-6-9-20/h4-6,8-9,18,21H,3,7,10-17,19H2,1-2H3. The number of nitrogens with zero attached hydrogens (tertiary/aromatic N) is 3. The van der Waals surface area contributed by atoms with Crippen molar-refractivity contribution in [3.05, 3.63) is 47.8 Å². The minimum Gasteiger partial charge on any atom is -0.381 e. The number of rotatable bonds is 11. The molecule has 1 aromatic heterocycles. The Bertz CT molecular complexity index is 874. The van der Waals surface area contributed by atoms with Gasteiger partial charge in [-0.05, 0) is 57.2 Å². The Morgan fingerprint density at radius 3 is 2.63 bits per heavy atom. The minimum atomic E-state index is -3.35. The Hall–Kier alpha value is -1.70. The summed E-state index contributed by atoms with van der Waals surface area (Å²) in [6.45, 7) is 5.79. The summed E-state index contributed by atoms with van der Waals surface area (Å²) in [5.74, 6) is 0.801. The molecule has 0 saturated carbocycles. The van der Waals surface area contributed by atoms with E-state index in [9.17, 15) is 8.42 Å². The van der Waals surface area contributed by atoms with Crippen LogP contribution in [0.1, 0.15) is 43.9 Å². The van der Waals surface area contributed by atoms with Gasteiger partial charge < -0.3 is 14.2 Å². The molecule has 1 aliphatic rings. The van der Waals surface area contributed by atoms with Crippen LogP contribution in [0.2, 0.25) is 0 Å². The zero-order chi connectivity index (χ0) is 21.4. The molecule has 0 spiro atoms. The Labute approximate surface area is 181 Å². The number of benzene rings is 1. The highest BCUT2D eigenvalue weighted by Crippen LogP contribution is 2.20. The van der Waals surface area contributed by atoms with E-state index in [1.165, 1.54) is 5.56 Å². The van der Waals surface area contributed by atoms with Gasteiger partial charge in [-0.25, -0.2) is 13.4 Å². The topological polar surface area (TPSA) is 64.4 Å². The molecule has 0 unspecified atom stereocenters. The second-order valence-electron chi connectivity index (χ2n) is 8.26. The number of hydrogen-bond donors (Lipinski definition) is 0. The molecule has 3 rings (SSSR count). The molecule has 0 atom stereocenters. The zero-order valence-corrected chi connectivity index (χ0v) is 19.1. The van der Waals surface area contributed by atoms with Crippen LogP contribution in [0.15, 0.2) is 41.7 Å². The average molecular weight is 434 g/mol. The maximum atomic E-state index is 12.6. The van der Waals surface area contributed by atoms with Crippen molar-refractivity contribution in [2.45, 2.75) is 57.3 Å². The first-order chi connectivity index (χ1) is 14.5. The molecule has 166 valence electrons.